The summed E-state index contributed by atoms with van der Waals surface area (Å²) in [6.45, 7) is 0. The van der Waals surface area contributed by atoms with Gasteiger partial charge < -0.3 is 4.42 Å². The molecule has 2 heterocycles. The smallest absolute Gasteiger partial charge is 0.345 e. The third kappa shape index (κ3) is 1.80. The average molecular weight is 273 g/mol. The van der Waals surface area contributed by atoms with Crippen LogP contribution in [0, 0.1) is 6.33 Å². The van der Waals surface area contributed by atoms with Crippen LogP contribution in [0.2, 0.25) is 0 Å². The van der Waals surface area contributed by atoms with E-state index < -0.39 is 5.63 Å². The summed E-state index contributed by atoms with van der Waals surface area (Å²) in [6.07, 6.45) is 4.08. The van der Waals surface area contributed by atoms with Gasteiger partial charge in [0, 0.05) is 16.2 Å². The van der Waals surface area contributed by atoms with E-state index in [1.165, 1.54) is 6.26 Å². The second-order valence-electron chi connectivity index (χ2n) is 4.67. The molecule has 0 bridgehead atoms. The first-order chi connectivity index (χ1) is 10.3. The molecule has 0 amide bonds. The summed E-state index contributed by atoms with van der Waals surface area (Å²) in [5.74, 6) is 0. The molecule has 0 N–H and O–H groups in total. The Hall–Kier alpha value is -3.01. The van der Waals surface area contributed by atoms with E-state index in [2.05, 4.69) is 16.3 Å². The van der Waals surface area contributed by atoms with Gasteiger partial charge in [-0.05, 0) is 6.07 Å². The summed E-state index contributed by atoms with van der Waals surface area (Å²) in [5.41, 5.74) is 1.33. The van der Waals surface area contributed by atoms with Gasteiger partial charge in [-0.25, -0.2) is 14.8 Å². The Morgan fingerprint density at radius 3 is 2.57 bits per heavy atom. The molecule has 1 radical (unpaired) electrons. The second kappa shape index (κ2) is 4.52. The lowest BCUT2D eigenvalue weighted by Crippen LogP contribution is -2.05. The van der Waals surface area contributed by atoms with Crippen LogP contribution < -0.4 is 5.63 Å². The second-order valence-corrected chi connectivity index (χ2v) is 4.67. The maximum atomic E-state index is 12.2. The van der Waals surface area contributed by atoms with Crippen LogP contribution in [-0.2, 0) is 0 Å². The molecular weight excluding hydrogens is 264 g/mol. The molecule has 2 aromatic heterocycles. The zero-order valence-corrected chi connectivity index (χ0v) is 10.9. The summed E-state index contributed by atoms with van der Waals surface area (Å²) in [7, 11) is 0. The van der Waals surface area contributed by atoms with Crippen molar-refractivity contribution < 1.29 is 4.42 Å². The third-order valence-electron chi connectivity index (χ3n) is 3.46. The van der Waals surface area contributed by atoms with Crippen molar-refractivity contribution in [3.63, 3.8) is 0 Å². The number of benzene rings is 2. The fourth-order valence-corrected chi connectivity index (χ4v) is 2.49. The SMILES string of the molecule is O=c1occ2ccccc2c1-c1n[c]nc2ccccc12. The minimum atomic E-state index is -0.411. The molecule has 4 rings (SSSR count). The molecule has 4 aromatic rings. The molecule has 2 aromatic carbocycles. The highest BCUT2D eigenvalue weighted by Gasteiger charge is 2.14. The van der Waals surface area contributed by atoms with Crippen LogP contribution in [-0.4, -0.2) is 9.97 Å². The number of rotatable bonds is 1. The van der Waals surface area contributed by atoms with E-state index in [0.29, 0.717) is 11.3 Å². The molecular formula is C17H9N2O2. The molecule has 0 aliphatic carbocycles. The Balaban J connectivity index is 2.19. The molecule has 0 spiro atoms. The van der Waals surface area contributed by atoms with Crippen molar-refractivity contribution in [2.75, 3.05) is 0 Å². The van der Waals surface area contributed by atoms with Gasteiger partial charge in [-0.1, -0.05) is 42.5 Å². The van der Waals surface area contributed by atoms with Crippen molar-refractivity contribution in [1.29, 1.82) is 0 Å². The van der Waals surface area contributed by atoms with Crippen LogP contribution in [0.1, 0.15) is 0 Å². The van der Waals surface area contributed by atoms with Crippen LogP contribution in [0.15, 0.2) is 64.0 Å². The minimum Gasteiger partial charge on any atom is -0.430 e. The number of hydrogen-bond donors (Lipinski definition) is 0. The van der Waals surface area contributed by atoms with Crippen LogP contribution in [0.5, 0.6) is 0 Å². The van der Waals surface area contributed by atoms with Gasteiger partial charge in [-0.3, -0.25) is 0 Å². The lowest BCUT2D eigenvalue weighted by Gasteiger charge is -2.06. The van der Waals surface area contributed by atoms with Crippen molar-refractivity contribution in [2.24, 2.45) is 0 Å². The fraction of sp³-hybridized carbons (Fsp3) is 0. The summed E-state index contributed by atoms with van der Waals surface area (Å²) >= 11 is 0. The number of para-hydroxylation sites is 1. The molecule has 99 valence electrons. The maximum absolute atomic E-state index is 12.2. The molecule has 0 saturated heterocycles. The first-order valence-corrected chi connectivity index (χ1v) is 6.48. The highest BCUT2D eigenvalue weighted by Crippen LogP contribution is 2.28. The monoisotopic (exact) mass is 273 g/mol. The Labute approximate surface area is 119 Å². The predicted molar refractivity (Wildman–Crippen MR) is 79.9 cm³/mol. The van der Waals surface area contributed by atoms with Crippen LogP contribution in [0.3, 0.4) is 0 Å². The Morgan fingerprint density at radius 1 is 0.905 bits per heavy atom. The van der Waals surface area contributed by atoms with Gasteiger partial charge in [0.05, 0.1) is 16.8 Å². The summed E-state index contributed by atoms with van der Waals surface area (Å²) in [4.78, 5) is 20.5. The van der Waals surface area contributed by atoms with E-state index in [4.69, 9.17) is 4.42 Å². The Bertz CT molecular complexity index is 1020. The number of hydrogen-bond acceptors (Lipinski definition) is 4. The first-order valence-electron chi connectivity index (χ1n) is 6.48. The molecule has 4 heteroatoms. The molecule has 21 heavy (non-hydrogen) atoms. The highest BCUT2D eigenvalue weighted by molar-refractivity contribution is 6.01. The van der Waals surface area contributed by atoms with Crippen molar-refractivity contribution >= 4 is 21.7 Å². The summed E-state index contributed by atoms with van der Waals surface area (Å²) in [5, 5.41) is 2.47. The molecule has 0 fully saturated rings. The largest absolute Gasteiger partial charge is 0.430 e. The fourth-order valence-electron chi connectivity index (χ4n) is 2.49. The number of nitrogens with zero attached hydrogens (tertiary/aromatic N) is 2. The Kier molecular flexibility index (Phi) is 2.54. The zero-order chi connectivity index (χ0) is 14.2. The molecule has 0 unspecified atom stereocenters. The molecule has 0 aliphatic rings. The molecule has 0 atom stereocenters. The van der Waals surface area contributed by atoms with Gasteiger partial charge in [0.2, 0.25) is 0 Å². The van der Waals surface area contributed by atoms with E-state index >= 15 is 0 Å². The summed E-state index contributed by atoms with van der Waals surface area (Å²) in [6, 6.07) is 15.1. The Morgan fingerprint density at radius 2 is 1.67 bits per heavy atom. The van der Waals surface area contributed by atoms with Gasteiger partial charge in [0.1, 0.15) is 6.26 Å². The quantitative estimate of drug-likeness (QED) is 0.534. The predicted octanol–water partition coefficient (Wildman–Crippen LogP) is 3.20. The normalized spacial score (nSPS) is 11.0. The molecule has 4 nitrogen and oxygen atoms in total. The van der Waals surface area contributed by atoms with E-state index in [0.717, 1.165) is 21.7 Å². The minimum absolute atomic E-state index is 0.411. The number of aromatic nitrogens is 2. The maximum Gasteiger partial charge on any atom is 0.345 e. The zero-order valence-electron chi connectivity index (χ0n) is 10.9. The van der Waals surface area contributed by atoms with Gasteiger partial charge >= 0.3 is 5.63 Å². The van der Waals surface area contributed by atoms with E-state index in [1.807, 2.05) is 48.5 Å². The average Bonchev–Trinajstić information content (AvgIpc) is 2.54. The van der Waals surface area contributed by atoms with Crippen molar-refractivity contribution in [3.05, 3.63) is 71.5 Å². The van der Waals surface area contributed by atoms with E-state index in [-0.39, 0.29) is 0 Å². The third-order valence-corrected chi connectivity index (χ3v) is 3.46. The number of fused-ring (bicyclic) bond motifs is 2. The molecule has 0 saturated carbocycles. The van der Waals surface area contributed by atoms with Crippen LogP contribution >= 0.6 is 0 Å². The van der Waals surface area contributed by atoms with E-state index in [9.17, 15) is 4.79 Å². The van der Waals surface area contributed by atoms with Gasteiger partial charge in [-0.15, -0.1) is 0 Å². The lowest BCUT2D eigenvalue weighted by molar-refractivity contribution is 0.520. The van der Waals surface area contributed by atoms with Crippen LogP contribution in [0.4, 0.5) is 0 Å². The standard InChI is InChI=1S/C17H9N2O2/c20-17-15(12-6-2-1-5-11(12)9-21-17)16-13-7-3-4-8-14(13)18-10-19-16/h1-9H. The van der Waals surface area contributed by atoms with E-state index in [1.54, 1.807) is 0 Å². The van der Waals surface area contributed by atoms with Gasteiger partial charge in [0.25, 0.3) is 0 Å². The topological polar surface area (TPSA) is 56.0 Å². The van der Waals surface area contributed by atoms with Gasteiger partial charge in [-0.2, -0.15) is 0 Å². The van der Waals surface area contributed by atoms with Crippen LogP contribution in [0.25, 0.3) is 32.9 Å². The van der Waals surface area contributed by atoms with Crippen molar-refractivity contribution in [3.8, 4) is 11.3 Å². The lowest BCUT2D eigenvalue weighted by atomic mass is 10.0. The van der Waals surface area contributed by atoms with Crippen molar-refractivity contribution in [1.82, 2.24) is 9.97 Å². The first kappa shape index (κ1) is 11.8. The molecule has 0 aliphatic heterocycles. The highest BCUT2D eigenvalue weighted by atomic mass is 16.4. The summed E-state index contributed by atoms with van der Waals surface area (Å²) < 4.78 is 5.15. The van der Waals surface area contributed by atoms with Crippen molar-refractivity contribution in [2.45, 2.75) is 0 Å². The van der Waals surface area contributed by atoms with Gasteiger partial charge in [0.15, 0.2) is 6.33 Å².